The second kappa shape index (κ2) is 5.07. The smallest absolute Gasteiger partial charge is 0.336 e. The Morgan fingerprint density at radius 3 is 2.21 bits per heavy atom. The molecule has 1 heterocycles. The summed E-state index contributed by atoms with van der Waals surface area (Å²) in [5.74, 6) is -2.17. The Hall–Kier alpha value is -2.40. The maximum absolute atomic E-state index is 11.1. The van der Waals surface area contributed by atoms with Gasteiger partial charge >= 0.3 is 11.9 Å². The molecule has 19 heavy (non-hydrogen) atoms. The van der Waals surface area contributed by atoms with Crippen LogP contribution in [0.4, 0.5) is 0 Å². The van der Waals surface area contributed by atoms with E-state index in [9.17, 15) is 9.59 Å². The number of aromatic nitrogens is 1. The minimum atomic E-state index is -1.12. The first-order valence-corrected chi connectivity index (χ1v) is 5.59. The molecule has 96 valence electrons. The van der Waals surface area contributed by atoms with Gasteiger partial charge in [-0.15, -0.1) is 0 Å². The first-order chi connectivity index (χ1) is 8.99. The average molecular weight is 278 g/mol. The minimum Gasteiger partial charge on any atom is -0.478 e. The highest BCUT2D eigenvalue weighted by Crippen LogP contribution is 2.25. The van der Waals surface area contributed by atoms with E-state index >= 15 is 0 Å². The molecular formula is C13H8ClNO4. The molecular weight excluding hydrogens is 270 g/mol. The number of carboxylic acid groups (broad SMARTS) is 2. The van der Waals surface area contributed by atoms with E-state index in [0.717, 1.165) is 0 Å². The van der Waals surface area contributed by atoms with Crippen LogP contribution in [0.3, 0.4) is 0 Å². The lowest BCUT2D eigenvalue weighted by molar-refractivity contribution is 0.0686. The number of pyridine rings is 1. The number of hydrogen-bond acceptors (Lipinski definition) is 3. The lowest BCUT2D eigenvalue weighted by atomic mass is 10.0. The van der Waals surface area contributed by atoms with Crippen LogP contribution in [0.25, 0.3) is 11.1 Å². The summed E-state index contributed by atoms with van der Waals surface area (Å²) < 4.78 is 0. The number of aromatic carboxylic acids is 2. The quantitative estimate of drug-likeness (QED) is 0.842. The molecule has 0 fully saturated rings. The van der Waals surface area contributed by atoms with Gasteiger partial charge in [-0.2, -0.15) is 0 Å². The first-order valence-electron chi connectivity index (χ1n) is 5.21. The van der Waals surface area contributed by atoms with Gasteiger partial charge < -0.3 is 10.2 Å². The van der Waals surface area contributed by atoms with Crippen molar-refractivity contribution >= 4 is 23.5 Å². The van der Waals surface area contributed by atoms with E-state index in [1.54, 1.807) is 0 Å². The molecule has 1 aromatic carbocycles. The topological polar surface area (TPSA) is 87.5 Å². The molecule has 1 aromatic heterocycles. The van der Waals surface area contributed by atoms with Gasteiger partial charge in [-0.05, 0) is 23.8 Å². The fourth-order valence-electron chi connectivity index (χ4n) is 1.63. The highest BCUT2D eigenvalue weighted by atomic mass is 35.5. The molecule has 0 aliphatic heterocycles. The molecule has 2 aromatic rings. The predicted molar refractivity (Wildman–Crippen MR) is 68.6 cm³/mol. The van der Waals surface area contributed by atoms with E-state index in [2.05, 4.69) is 4.98 Å². The second-order valence-corrected chi connectivity index (χ2v) is 4.13. The van der Waals surface area contributed by atoms with E-state index < -0.39 is 11.9 Å². The van der Waals surface area contributed by atoms with Gasteiger partial charge in [0.25, 0.3) is 0 Å². The van der Waals surface area contributed by atoms with Crippen molar-refractivity contribution in [3.63, 3.8) is 0 Å². The number of rotatable bonds is 3. The summed E-state index contributed by atoms with van der Waals surface area (Å²) in [7, 11) is 0. The standard InChI is InChI=1S/C13H8ClNO4/c14-11-5-9(13(18)19)10(6-15-11)7-1-3-8(4-2-7)12(16)17/h1-6H,(H,16,17)(H,18,19). The summed E-state index contributed by atoms with van der Waals surface area (Å²) in [4.78, 5) is 25.7. The van der Waals surface area contributed by atoms with Gasteiger partial charge in [0.15, 0.2) is 0 Å². The fourth-order valence-corrected chi connectivity index (χ4v) is 1.79. The largest absolute Gasteiger partial charge is 0.478 e. The van der Waals surface area contributed by atoms with Crippen LogP contribution in [0.15, 0.2) is 36.5 Å². The van der Waals surface area contributed by atoms with Crippen LogP contribution < -0.4 is 0 Å². The predicted octanol–water partition coefficient (Wildman–Crippen LogP) is 2.80. The SMILES string of the molecule is O=C(O)c1ccc(-c2cnc(Cl)cc2C(=O)O)cc1. The molecule has 2 N–H and O–H groups in total. The van der Waals surface area contributed by atoms with E-state index in [4.69, 9.17) is 21.8 Å². The van der Waals surface area contributed by atoms with Gasteiger partial charge in [0.1, 0.15) is 5.15 Å². The zero-order valence-corrected chi connectivity index (χ0v) is 10.3. The van der Waals surface area contributed by atoms with Crippen molar-refractivity contribution in [3.8, 4) is 11.1 Å². The normalized spacial score (nSPS) is 10.2. The lowest BCUT2D eigenvalue weighted by Gasteiger charge is -2.06. The number of halogens is 1. The van der Waals surface area contributed by atoms with E-state index in [1.807, 2.05) is 0 Å². The summed E-state index contributed by atoms with van der Waals surface area (Å²) >= 11 is 5.66. The first kappa shape index (κ1) is 13.0. The van der Waals surface area contributed by atoms with E-state index in [1.165, 1.54) is 36.5 Å². The molecule has 0 atom stereocenters. The monoisotopic (exact) mass is 277 g/mol. The van der Waals surface area contributed by atoms with Gasteiger partial charge in [-0.1, -0.05) is 23.7 Å². The molecule has 6 heteroatoms. The highest BCUT2D eigenvalue weighted by Gasteiger charge is 2.13. The van der Waals surface area contributed by atoms with E-state index in [0.29, 0.717) is 11.1 Å². The molecule has 2 rings (SSSR count). The summed E-state index contributed by atoms with van der Waals surface area (Å²) in [5.41, 5.74) is 1.09. The third-order valence-electron chi connectivity index (χ3n) is 2.54. The Morgan fingerprint density at radius 2 is 1.68 bits per heavy atom. The number of carbonyl (C=O) groups is 2. The van der Waals surface area contributed by atoms with E-state index in [-0.39, 0.29) is 16.3 Å². The second-order valence-electron chi connectivity index (χ2n) is 3.74. The maximum Gasteiger partial charge on any atom is 0.336 e. The van der Waals surface area contributed by atoms with Crippen LogP contribution in [0.2, 0.25) is 5.15 Å². The Labute approximate surface area is 113 Å². The van der Waals surface area contributed by atoms with Gasteiger partial charge in [0.2, 0.25) is 0 Å². The number of nitrogens with zero attached hydrogens (tertiary/aromatic N) is 1. The zero-order chi connectivity index (χ0) is 14.0. The average Bonchev–Trinajstić information content (AvgIpc) is 2.38. The van der Waals surface area contributed by atoms with Gasteiger partial charge in [-0.25, -0.2) is 14.6 Å². The molecule has 0 saturated carbocycles. The zero-order valence-electron chi connectivity index (χ0n) is 9.50. The number of benzene rings is 1. The molecule has 0 aliphatic rings. The van der Waals surface area contributed by atoms with Crippen molar-refractivity contribution in [1.29, 1.82) is 0 Å². The summed E-state index contributed by atoms with van der Waals surface area (Å²) in [5, 5.41) is 18.0. The molecule has 0 saturated heterocycles. The minimum absolute atomic E-state index is 0.0167. The van der Waals surface area contributed by atoms with Gasteiger partial charge in [0, 0.05) is 11.8 Å². The summed E-state index contributed by atoms with van der Waals surface area (Å²) in [6, 6.07) is 7.11. The van der Waals surface area contributed by atoms with Gasteiger partial charge in [0.05, 0.1) is 11.1 Å². The lowest BCUT2D eigenvalue weighted by Crippen LogP contribution is -2.01. The fraction of sp³-hybridized carbons (Fsp3) is 0. The molecule has 0 unspecified atom stereocenters. The molecule has 0 bridgehead atoms. The summed E-state index contributed by atoms with van der Waals surface area (Å²) in [6.07, 6.45) is 1.35. The van der Waals surface area contributed by atoms with Gasteiger partial charge in [-0.3, -0.25) is 0 Å². The molecule has 0 aliphatic carbocycles. The molecule has 0 amide bonds. The van der Waals surface area contributed by atoms with Crippen LogP contribution in [-0.2, 0) is 0 Å². The number of hydrogen-bond donors (Lipinski definition) is 2. The van der Waals surface area contributed by atoms with Crippen LogP contribution >= 0.6 is 11.6 Å². The van der Waals surface area contributed by atoms with Crippen LogP contribution in [0.5, 0.6) is 0 Å². The molecule has 0 radical (unpaired) electrons. The van der Waals surface area contributed by atoms with Crippen molar-refractivity contribution in [2.45, 2.75) is 0 Å². The third-order valence-corrected chi connectivity index (χ3v) is 2.75. The maximum atomic E-state index is 11.1. The van der Waals surface area contributed by atoms with Crippen molar-refractivity contribution in [2.24, 2.45) is 0 Å². The van der Waals surface area contributed by atoms with Crippen molar-refractivity contribution in [3.05, 3.63) is 52.8 Å². The van der Waals surface area contributed by atoms with Crippen LogP contribution in [0.1, 0.15) is 20.7 Å². The molecule has 0 spiro atoms. The number of carboxylic acids is 2. The third kappa shape index (κ3) is 2.71. The Kier molecular flexibility index (Phi) is 3.48. The molecule has 5 nitrogen and oxygen atoms in total. The Morgan fingerprint density at radius 1 is 1.05 bits per heavy atom. The van der Waals surface area contributed by atoms with Crippen LogP contribution in [0, 0.1) is 0 Å². The highest BCUT2D eigenvalue weighted by molar-refractivity contribution is 6.29. The van der Waals surface area contributed by atoms with Crippen molar-refractivity contribution < 1.29 is 19.8 Å². The summed E-state index contributed by atoms with van der Waals surface area (Å²) in [6.45, 7) is 0. The van der Waals surface area contributed by atoms with Crippen molar-refractivity contribution in [1.82, 2.24) is 4.98 Å². The van der Waals surface area contributed by atoms with Crippen molar-refractivity contribution in [2.75, 3.05) is 0 Å². The Balaban J connectivity index is 2.52. The Bertz CT molecular complexity index is 652. The van der Waals surface area contributed by atoms with Crippen LogP contribution in [-0.4, -0.2) is 27.1 Å².